The van der Waals surface area contributed by atoms with Gasteiger partial charge in [0.1, 0.15) is 11.6 Å². The van der Waals surface area contributed by atoms with E-state index >= 15 is 0 Å². The third-order valence-electron chi connectivity index (χ3n) is 5.72. The minimum atomic E-state index is -4.76. The van der Waals surface area contributed by atoms with Crippen molar-refractivity contribution in [1.82, 2.24) is 9.71 Å². The lowest BCUT2D eigenvalue weighted by Gasteiger charge is -2.10. The molecular formula is C29H26F4N4O5S. The summed E-state index contributed by atoms with van der Waals surface area (Å²) in [6, 6.07) is 8.78. The van der Waals surface area contributed by atoms with Gasteiger partial charge in [0.05, 0.1) is 29.4 Å². The fraction of sp³-hybridized carbons (Fsp3) is 0.207. The molecule has 0 radical (unpaired) electrons. The fourth-order valence-electron chi connectivity index (χ4n) is 3.53. The van der Waals surface area contributed by atoms with Crippen molar-refractivity contribution < 1.29 is 40.9 Å². The number of nitrogens with zero attached hydrogens (tertiary/aromatic N) is 1. The van der Waals surface area contributed by atoms with E-state index in [2.05, 4.69) is 31.6 Å². The number of esters is 1. The van der Waals surface area contributed by atoms with Crippen LogP contribution in [0.4, 0.5) is 29.1 Å². The second-order valence-electron chi connectivity index (χ2n) is 9.10. The Hall–Kier alpha value is -4.90. The number of anilines is 2. The highest BCUT2D eigenvalue weighted by Crippen LogP contribution is 2.30. The summed E-state index contributed by atoms with van der Waals surface area (Å²) in [4.78, 5) is 40.4. The van der Waals surface area contributed by atoms with Gasteiger partial charge in [-0.15, -0.1) is 0 Å². The first kappa shape index (κ1) is 32.6. The predicted octanol–water partition coefficient (Wildman–Crippen LogP) is 4.18. The van der Waals surface area contributed by atoms with Crippen molar-refractivity contribution in [3.05, 3.63) is 88.4 Å². The number of methoxy groups -OCH3 is 1. The quantitative estimate of drug-likeness (QED) is 0.113. The second-order valence-corrected chi connectivity index (χ2v) is 11.4. The van der Waals surface area contributed by atoms with E-state index in [-0.39, 0.29) is 29.1 Å². The minimum Gasteiger partial charge on any atom is -0.469 e. The Labute approximate surface area is 245 Å². The molecule has 2 amide bonds. The summed E-state index contributed by atoms with van der Waals surface area (Å²) < 4.78 is 72.8. The summed E-state index contributed by atoms with van der Waals surface area (Å²) in [6.07, 6.45) is -1.40. The molecule has 43 heavy (non-hydrogen) atoms. The highest BCUT2D eigenvalue weighted by atomic mass is 32.2. The molecular weight excluding hydrogens is 592 g/mol. The molecule has 226 valence electrons. The van der Waals surface area contributed by atoms with Crippen molar-refractivity contribution in [1.29, 1.82) is 0 Å². The molecule has 1 heterocycles. The Bertz CT molecular complexity index is 1740. The first-order valence-corrected chi connectivity index (χ1v) is 14.5. The number of hydrogen-bond donors (Lipinski definition) is 3. The van der Waals surface area contributed by atoms with E-state index in [1.165, 1.54) is 49.2 Å². The average Bonchev–Trinajstić information content (AvgIpc) is 2.94. The zero-order chi connectivity index (χ0) is 31.8. The van der Waals surface area contributed by atoms with Gasteiger partial charge in [0.15, 0.2) is 0 Å². The van der Waals surface area contributed by atoms with Gasteiger partial charge in [-0.05, 0) is 60.7 Å². The highest BCUT2D eigenvalue weighted by molar-refractivity contribution is 7.99. The SMILES string of the molecule is COC(=O)CCCC=S(C)(=O)NC(=O)c1cnc(N)c(C#Cc2cccc(NC(=O)c3cc(C(F)(F)F)ccc3F)c2)c1. The van der Waals surface area contributed by atoms with Crippen molar-refractivity contribution in [2.45, 2.75) is 25.4 Å². The number of carbonyl (C=O) groups is 3. The number of pyridine rings is 1. The largest absolute Gasteiger partial charge is 0.469 e. The Kier molecular flexibility index (Phi) is 10.5. The Morgan fingerprint density at radius 1 is 1.09 bits per heavy atom. The number of amides is 2. The van der Waals surface area contributed by atoms with Crippen LogP contribution in [0.1, 0.15) is 56.7 Å². The minimum absolute atomic E-state index is 0.000124. The Morgan fingerprint density at radius 2 is 1.84 bits per heavy atom. The molecule has 14 heteroatoms. The molecule has 9 nitrogen and oxygen atoms in total. The maximum atomic E-state index is 14.1. The molecule has 0 saturated heterocycles. The van der Waals surface area contributed by atoms with Crippen LogP contribution in [0.2, 0.25) is 0 Å². The number of benzene rings is 2. The van der Waals surface area contributed by atoms with Gasteiger partial charge < -0.3 is 15.8 Å². The summed E-state index contributed by atoms with van der Waals surface area (Å²) in [6.45, 7) is 0. The Morgan fingerprint density at radius 3 is 2.53 bits per heavy atom. The van der Waals surface area contributed by atoms with Crippen molar-refractivity contribution in [2.75, 3.05) is 24.4 Å². The first-order valence-electron chi connectivity index (χ1n) is 12.5. The first-order chi connectivity index (χ1) is 20.2. The van der Waals surface area contributed by atoms with Gasteiger partial charge in [0, 0.05) is 39.8 Å². The standard InChI is InChI=1S/C29H26F4N4O5S/c1-42-25(38)8-3-4-13-43(2,41)37-27(39)20-15-19(26(34)35-17-20)10-9-18-6-5-7-22(14-18)36-28(40)23-16-21(29(31,32)33)11-12-24(23)30/h5-7,11-17H,3-4,8H2,1-2H3,(H2,34,35)(H,36,40)(H,37,39,41). The van der Waals surface area contributed by atoms with Gasteiger partial charge in [0.2, 0.25) is 0 Å². The molecule has 0 spiro atoms. The summed E-state index contributed by atoms with van der Waals surface area (Å²) in [7, 11) is -1.63. The number of alkyl halides is 3. The predicted molar refractivity (Wildman–Crippen MR) is 154 cm³/mol. The molecule has 0 aliphatic carbocycles. The second kappa shape index (κ2) is 13.8. The molecule has 3 rings (SSSR count). The molecule has 0 aliphatic rings. The molecule has 0 aliphatic heterocycles. The number of rotatable bonds is 8. The normalized spacial score (nSPS) is 12.2. The van der Waals surface area contributed by atoms with Crippen molar-refractivity contribution >= 4 is 44.4 Å². The van der Waals surface area contributed by atoms with Gasteiger partial charge in [0.25, 0.3) is 11.8 Å². The van der Waals surface area contributed by atoms with Crippen LogP contribution in [-0.2, 0) is 25.4 Å². The van der Waals surface area contributed by atoms with E-state index in [0.717, 1.165) is 0 Å². The van der Waals surface area contributed by atoms with Crippen LogP contribution in [0.3, 0.4) is 0 Å². The number of hydrogen-bond acceptors (Lipinski definition) is 7. The third kappa shape index (κ3) is 9.57. The van der Waals surface area contributed by atoms with E-state index < -0.39 is 50.6 Å². The monoisotopic (exact) mass is 618 g/mol. The number of carbonyl (C=O) groups excluding carboxylic acids is 3. The topological polar surface area (TPSA) is 140 Å². The zero-order valence-electron chi connectivity index (χ0n) is 22.9. The van der Waals surface area contributed by atoms with E-state index in [0.29, 0.717) is 36.6 Å². The maximum Gasteiger partial charge on any atom is 0.416 e. The van der Waals surface area contributed by atoms with Crippen LogP contribution in [-0.4, -0.2) is 45.7 Å². The van der Waals surface area contributed by atoms with Gasteiger partial charge in [-0.1, -0.05) is 17.9 Å². The van der Waals surface area contributed by atoms with E-state index in [9.17, 15) is 36.2 Å². The number of unbranched alkanes of at least 4 members (excludes halogenated alkanes) is 1. The number of ether oxygens (including phenoxy) is 1. The number of nitrogen functional groups attached to an aromatic ring is 1. The van der Waals surface area contributed by atoms with Crippen molar-refractivity contribution in [2.24, 2.45) is 0 Å². The number of nitrogens with two attached hydrogens (primary N) is 1. The summed E-state index contributed by atoms with van der Waals surface area (Å²) in [5.74, 6) is 2.23. The third-order valence-corrected chi connectivity index (χ3v) is 7.19. The number of halogens is 4. The molecule has 1 unspecified atom stereocenters. The van der Waals surface area contributed by atoms with Crippen LogP contribution in [0.15, 0.2) is 54.7 Å². The molecule has 2 aromatic carbocycles. The number of nitrogens with one attached hydrogen (secondary N) is 2. The zero-order valence-corrected chi connectivity index (χ0v) is 23.7. The summed E-state index contributed by atoms with van der Waals surface area (Å²) >= 11 is 0. The molecule has 4 N–H and O–H groups in total. The lowest BCUT2D eigenvalue weighted by molar-refractivity contribution is -0.140. The van der Waals surface area contributed by atoms with Crippen LogP contribution in [0.5, 0.6) is 0 Å². The maximum absolute atomic E-state index is 14.1. The lowest BCUT2D eigenvalue weighted by Crippen LogP contribution is -2.31. The van der Waals surface area contributed by atoms with Gasteiger partial charge in [-0.2, -0.15) is 13.2 Å². The smallest absolute Gasteiger partial charge is 0.416 e. The average molecular weight is 619 g/mol. The van der Waals surface area contributed by atoms with Gasteiger partial charge >= 0.3 is 12.1 Å². The molecule has 0 saturated carbocycles. The van der Waals surface area contributed by atoms with E-state index in [4.69, 9.17) is 5.73 Å². The summed E-state index contributed by atoms with van der Waals surface area (Å²) in [5, 5.41) is 3.75. The summed E-state index contributed by atoms with van der Waals surface area (Å²) in [5.41, 5.74) is 4.61. The van der Waals surface area contributed by atoms with Crippen molar-refractivity contribution in [3.63, 3.8) is 0 Å². The Balaban J connectivity index is 1.74. The highest BCUT2D eigenvalue weighted by Gasteiger charge is 2.32. The molecule has 0 fully saturated rings. The molecule has 3 aromatic rings. The van der Waals surface area contributed by atoms with Crippen LogP contribution >= 0.6 is 0 Å². The van der Waals surface area contributed by atoms with Gasteiger partial charge in [-0.25, -0.2) is 13.6 Å². The van der Waals surface area contributed by atoms with E-state index in [1.54, 1.807) is 6.07 Å². The van der Waals surface area contributed by atoms with Gasteiger partial charge in [-0.3, -0.25) is 19.1 Å². The van der Waals surface area contributed by atoms with Crippen LogP contribution in [0.25, 0.3) is 0 Å². The molecule has 1 atom stereocenters. The number of aromatic nitrogens is 1. The lowest BCUT2D eigenvalue weighted by atomic mass is 10.1. The fourth-order valence-corrected chi connectivity index (χ4v) is 4.71. The van der Waals surface area contributed by atoms with Crippen LogP contribution in [0, 0.1) is 17.7 Å². The van der Waals surface area contributed by atoms with E-state index in [1.807, 2.05) is 0 Å². The molecule has 1 aromatic heterocycles. The van der Waals surface area contributed by atoms with Crippen LogP contribution < -0.4 is 15.8 Å². The van der Waals surface area contributed by atoms with Crippen molar-refractivity contribution in [3.8, 4) is 11.8 Å². The molecule has 0 bridgehead atoms.